The molecule has 90 valence electrons. The highest BCUT2D eigenvalue weighted by molar-refractivity contribution is 5.66. The first-order chi connectivity index (χ1) is 8.67. The first-order valence-electron chi connectivity index (χ1n) is 5.09. The van der Waals surface area contributed by atoms with Crippen molar-refractivity contribution in [2.75, 3.05) is 0 Å². The maximum absolute atomic E-state index is 13.8. The third kappa shape index (κ3) is 2.04. The van der Waals surface area contributed by atoms with Gasteiger partial charge < -0.3 is 4.84 Å². The van der Waals surface area contributed by atoms with Crippen LogP contribution in [-0.2, 0) is 0 Å². The summed E-state index contributed by atoms with van der Waals surface area (Å²) in [6, 6.07) is 9.21. The molecule has 2 N–H and O–H groups in total. The molecule has 2 rings (SSSR count). The van der Waals surface area contributed by atoms with E-state index in [-0.39, 0.29) is 11.3 Å². The molecule has 4 heteroatoms. The highest BCUT2D eigenvalue weighted by atomic mass is 19.2. The SMILES string of the molecule is C#Cc1ccc(-c2ccc(ON)c(F)c2F)cc1. The second-order valence-electron chi connectivity index (χ2n) is 3.58. The largest absolute Gasteiger partial charge is 0.408 e. The Labute approximate surface area is 103 Å². The van der Waals surface area contributed by atoms with Crippen LogP contribution >= 0.6 is 0 Å². The molecule has 0 aliphatic carbocycles. The van der Waals surface area contributed by atoms with E-state index in [1.165, 1.54) is 12.1 Å². The van der Waals surface area contributed by atoms with E-state index in [1.807, 2.05) is 0 Å². The quantitative estimate of drug-likeness (QED) is 0.652. The average Bonchev–Trinajstić information content (AvgIpc) is 2.42. The van der Waals surface area contributed by atoms with Crippen LogP contribution in [0.2, 0.25) is 0 Å². The van der Waals surface area contributed by atoms with Crippen LogP contribution in [0.3, 0.4) is 0 Å². The molecule has 0 radical (unpaired) electrons. The molecular weight excluding hydrogens is 236 g/mol. The summed E-state index contributed by atoms with van der Waals surface area (Å²) in [4.78, 5) is 4.21. The molecule has 0 aliphatic rings. The van der Waals surface area contributed by atoms with Crippen LogP contribution in [0.5, 0.6) is 5.75 Å². The molecule has 2 aromatic carbocycles. The molecule has 2 aromatic rings. The summed E-state index contributed by atoms with van der Waals surface area (Å²) in [5.74, 6) is 4.80. The lowest BCUT2D eigenvalue weighted by molar-refractivity contribution is 0.308. The Morgan fingerprint density at radius 2 is 1.67 bits per heavy atom. The zero-order valence-corrected chi connectivity index (χ0v) is 9.28. The lowest BCUT2D eigenvalue weighted by Crippen LogP contribution is -2.05. The van der Waals surface area contributed by atoms with Gasteiger partial charge >= 0.3 is 0 Å². The van der Waals surface area contributed by atoms with Crippen LogP contribution in [-0.4, -0.2) is 0 Å². The molecule has 0 unspecified atom stereocenters. The number of terminal acetylenes is 1. The number of benzene rings is 2. The van der Waals surface area contributed by atoms with Crippen LogP contribution in [0.4, 0.5) is 8.78 Å². The second kappa shape index (κ2) is 4.86. The molecule has 0 amide bonds. The minimum absolute atomic E-state index is 0.122. The minimum atomic E-state index is -1.11. The normalized spacial score (nSPS) is 9.89. The first-order valence-corrected chi connectivity index (χ1v) is 5.09. The smallest absolute Gasteiger partial charge is 0.203 e. The second-order valence-corrected chi connectivity index (χ2v) is 3.58. The molecule has 0 saturated heterocycles. The van der Waals surface area contributed by atoms with Crippen LogP contribution in [0, 0.1) is 24.0 Å². The number of halogens is 2. The van der Waals surface area contributed by atoms with E-state index in [4.69, 9.17) is 12.3 Å². The molecule has 0 aliphatic heterocycles. The summed E-state index contributed by atoms with van der Waals surface area (Å²) in [5, 5.41) is 0. The van der Waals surface area contributed by atoms with Gasteiger partial charge in [-0.2, -0.15) is 10.3 Å². The Balaban J connectivity index is 2.51. The van der Waals surface area contributed by atoms with Crippen molar-refractivity contribution in [1.82, 2.24) is 0 Å². The fourth-order valence-corrected chi connectivity index (χ4v) is 1.59. The van der Waals surface area contributed by atoms with Crippen LogP contribution in [0.1, 0.15) is 5.56 Å². The molecule has 0 spiro atoms. The van der Waals surface area contributed by atoms with Gasteiger partial charge in [0, 0.05) is 11.1 Å². The van der Waals surface area contributed by atoms with Gasteiger partial charge in [-0.1, -0.05) is 18.1 Å². The van der Waals surface area contributed by atoms with Gasteiger partial charge in [-0.05, 0) is 29.8 Å². The summed E-state index contributed by atoms with van der Waals surface area (Å²) in [7, 11) is 0. The Morgan fingerprint density at radius 3 is 2.22 bits per heavy atom. The number of rotatable bonds is 2. The molecule has 0 heterocycles. The van der Waals surface area contributed by atoms with Gasteiger partial charge in [0.05, 0.1) is 0 Å². The van der Waals surface area contributed by atoms with E-state index in [0.717, 1.165) is 0 Å². The molecule has 2 nitrogen and oxygen atoms in total. The molecule has 18 heavy (non-hydrogen) atoms. The summed E-state index contributed by atoms with van der Waals surface area (Å²) in [5.41, 5.74) is 1.31. The van der Waals surface area contributed by atoms with E-state index in [9.17, 15) is 8.78 Å². The lowest BCUT2D eigenvalue weighted by atomic mass is 10.0. The molecule has 0 fully saturated rings. The molecular formula is C14H9F2NO. The van der Waals surface area contributed by atoms with Crippen molar-refractivity contribution in [1.29, 1.82) is 0 Å². The fraction of sp³-hybridized carbons (Fsp3) is 0. The van der Waals surface area contributed by atoms with Crippen molar-refractivity contribution in [2.45, 2.75) is 0 Å². The molecule has 0 atom stereocenters. The Bertz CT molecular complexity index is 615. The third-order valence-corrected chi connectivity index (χ3v) is 2.54. The molecule has 0 bridgehead atoms. The van der Waals surface area contributed by atoms with Crippen LogP contribution in [0.25, 0.3) is 11.1 Å². The Hall–Kier alpha value is -2.38. The van der Waals surface area contributed by atoms with E-state index in [1.54, 1.807) is 24.3 Å². The first kappa shape index (κ1) is 12.1. The predicted molar refractivity (Wildman–Crippen MR) is 64.5 cm³/mol. The minimum Gasteiger partial charge on any atom is -0.408 e. The van der Waals surface area contributed by atoms with Gasteiger partial charge in [-0.3, -0.25) is 0 Å². The van der Waals surface area contributed by atoms with Gasteiger partial charge in [0.25, 0.3) is 0 Å². The van der Waals surface area contributed by atoms with Crippen molar-refractivity contribution in [2.24, 2.45) is 5.90 Å². The highest BCUT2D eigenvalue weighted by Crippen LogP contribution is 2.29. The summed E-state index contributed by atoms with van der Waals surface area (Å²) < 4.78 is 27.2. The standard InChI is InChI=1S/C14H9F2NO/c1-2-9-3-5-10(6-4-9)11-7-8-12(18-17)14(16)13(11)15/h1,3-8H,17H2. The number of nitrogens with two attached hydrogens (primary N) is 1. The zero-order valence-electron chi connectivity index (χ0n) is 9.28. The van der Waals surface area contributed by atoms with Crippen molar-refractivity contribution in [3.8, 4) is 29.2 Å². The Kier molecular flexibility index (Phi) is 3.26. The monoisotopic (exact) mass is 245 g/mol. The van der Waals surface area contributed by atoms with E-state index in [0.29, 0.717) is 11.1 Å². The van der Waals surface area contributed by atoms with Crippen LogP contribution < -0.4 is 10.7 Å². The van der Waals surface area contributed by atoms with Gasteiger partial charge in [-0.15, -0.1) is 6.42 Å². The van der Waals surface area contributed by atoms with E-state index in [2.05, 4.69) is 10.8 Å². The maximum Gasteiger partial charge on any atom is 0.203 e. The predicted octanol–water partition coefficient (Wildman–Crippen LogP) is 2.87. The van der Waals surface area contributed by atoms with E-state index >= 15 is 0 Å². The number of hydrogen-bond donors (Lipinski definition) is 1. The fourth-order valence-electron chi connectivity index (χ4n) is 1.59. The summed E-state index contributed by atoms with van der Waals surface area (Å²) in [6.45, 7) is 0. The Morgan fingerprint density at radius 1 is 1.00 bits per heavy atom. The maximum atomic E-state index is 13.8. The molecule has 0 saturated carbocycles. The average molecular weight is 245 g/mol. The highest BCUT2D eigenvalue weighted by Gasteiger charge is 2.15. The van der Waals surface area contributed by atoms with Crippen molar-refractivity contribution >= 4 is 0 Å². The topological polar surface area (TPSA) is 35.2 Å². The van der Waals surface area contributed by atoms with Crippen molar-refractivity contribution < 1.29 is 13.6 Å². The van der Waals surface area contributed by atoms with Crippen molar-refractivity contribution in [3.05, 3.63) is 53.6 Å². The number of hydrogen-bond acceptors (Lipinski definition) is 2. The van der Waals surface area contributed by atoms with Gasteiger partial charge in [-0.25, -0.2) is 4.39 Å². The van der Waals surface area contributed by atoms with Gasteiger partial charge in [0.2, 0.25) is 5.82 Å². The van der Waals surface area contributed by atoms with Crippen molar-refractivity contribution in [3.63, 3.8) is 0 Å². The molecule has 0 aromatic heterocycles. The summed E-state index contributed by atoms with van der Waals surface area (Å²) >= 11 is 0. The zero-order chi connectivity index (χ0) is 13.1. The van der Waals surface area contributed by atoms with Gasteiger partial charge in [0.15, 0.2) is 11.6 Å². The van der Waals surface area contributed by atoms with Gasteiger partial charge in [0.1, 0.15) is 0 Å². The third-order valence-electron chi connectivity index (χ3n) is 2.54. The van der Waals surface area contributed by atoms with E-state index < -0.39 is 11.6 Å². The lowest BCUT2D eigenvalue weighted by Gasteiger charge is -2.07. The van der Waals surface area contributed by atoms with Crippen LogP contribution in [0.15, 0.2) is 36.4 Å². The summed E-state index contributed by atoms with van der Waals surface area (Å²) in [6.07, 6.45) is 5.22.